The van der Waals surface area contributed by atoms with Crippen molar-refractivity contribution in [2.24, 2.45) is 7.05 Å². The molecule has 0 aliphatic heterocycles. The van der Waals surface area contributed by atoms with Crippen LogP contribution in [0.3, 0.4) is 0 Å². The maximum atomic E-state index is 12.3. The third-order valence-electron chi connectivity index (χ3n) is 4.14. The Morgan fingerprint density at radius 1 is 1.35 bits per heavy atom. The van der Waals surface area contributed by atoms with Crippen molar-refractivity contribution in [1.29, 1.82) is 0 Å². The maximum Gasteiger partial charge on any atom is 0.254 e. The molecule has 0 atom stereocenters. The number of hydrogen-bond acceptors (Lipinski definition) is 6. The number of nitrogens with one attached hydrogen (secondary N) is 2. The zero-order valence-corrected chi connectivity index (χ0v) is 15.9. The summed E-state index contributed by atoms with van der Waals surface area (Å²) < 4.78 is 1.70. The van der Waals surface area contributed by atoms with Gasteiger partial charge in [0.1, 0.15) is 0 Å². The summed E-state index contributed by atoms with van der Waals surface area (Å²) in [6, 6.07) is 1.86. The molecule has 26 heavy (non-hydrogen) atoms. The fraction of sp³-hybridized carbons (Fsp3) is 0.353. The number of aromatic nitrogens is 5. The molecule has 3 aromatic rings. The molecule has 0 fully saturated rings. The number of nitrogens with zero attached hydrogens (tertiary/aromatic N) is 4. The van der Waals surface area contributed by atoms with Crippen molar-refractivity contribution in [3.8, 4) is 0 Å². The molecule has 3 rings (SSSR count). The Labute approximate surface area is 154 Å². The average molecular weight is 372 g/mol. The van der Waals surface area contributed by atoms with Crippen molar-refractivity contribution in [3.05, 3.63) is 39.6 Å². The minimum Gasteiger partial charge on any atom is -0.325 e. The SMILES string of the molecule is CSc1nc(C)c(CCC(=O)Nc2cnc3c(c2)c(C)nn3C)c(=O)[nH]1. The molecule has 0 radical (unpaired) electrons. The number of thioether (sulfide) groups is 1. The molecule has 0 spiro atoms. The normalized spacial score (nSPS) is 11.1. The van der Waals surface area contributed by atoms with Crippen molar-refractivity contribution in [3.63, 3.8) is 0 Å². The van der Waals surface area contributed by atoms with E-state index in [1.807, 2.05) is 26.3 Å². The minimum absolute atomic E-state index is 0.180. The summed E-state index contributed by atoms with van der Waals surface area (Å²) in [4.78, 5) is 35.7. The maximum absolute atomic E-state index is 12.3. The van der Waals surface area contributed by atoms with Crippen molar-refractivity contribution in [2.75, 3.05) is 11.6 Å². The average Bonchev–Trinajstić information content (AvgIpc) is 2.87. The second-order valence-corrected chi connectivity index (χ2v) is 6.79. The summed E-state index contributed by atoms with van der Waals surface area (Å²) in [6.45, 7) is 3.68. The van der Waals surface area contributed by atoms with Gasteiger partial charge in [0.25, 0.3) is 5.56 Å². The van der Waals surface area contributed by atoms with Crippen LogP contribution in [-0.4, -0.2) is 36.9 Å². The highest BCUT2D eigenvalue weighted by Gasteiger charge is 2.12. The first-order valence-electron chi connectivity index (χ1n) is 8.12. The van der Waals surface area contributed by atoms with E-state index in [4.69, 9.17) is 0 Å². The third kappa shape index (κ3) is 3.62. The van der Waals surface area contributed by atoms with Crippen LogP contribution in [0.5, 0.6) is 0 Å². The molecule has 2 N–H and O–H groups in total. The molecule has 3 aromatic heterocycles. The van der Waals surface area contributed by atoms with E-state index in [0.29, 0.717) is 28.5 Å². The molecule has 1 amide bonds. The van der Waals surface area contributed by atoms with Gasteiger partial charge in [0.05, 0.1) is 17.6 Å². The lowest BCUT2D eigenvalue weighted by Gasteiger charge is -2.07. The van der Waals surface area contributed by atoms with Crippen LogP contribution in [0.4, 0.5) is 5.69 Å². The topological polar surface area (TPSA) is 106 Å². The molecule has 0 aliphatic rings. The van der Waals surface area contributed by atoms with Gasteiger partial charge in [-0.2, -0.15) is 5.10 Å². The van der Waals surface area contributed by atoms with Crippen LogP contribution in [0.15, 0.2) is 22.2 Å². The highest BCUT2D eigenvalue weighted by molar-refractivity contribution is 7.98. The van der Waals surface area contributed by atoms with Crippen LogP contribution >= 0.6 is 11.8 Å². The Morgan fingerprint density at radius 2 is 2.12 bits per heavy atom. The molecule has 9 heteroatoms. The van der Waals surface area contributed by atoms with Crippen LogP contribution in [0.25, 0.3) is 11.0 Å². The van der Waals surface area contributed by atoms with E-state index >= 15 is 0 Å². The lowest BCUT2D eigenvalue weighted by molar-refractivity contribution is -0.116. The number of aromatic amines is 1. The van der Waals surface area contributed by atoms with Crippen LogP contribution in [0, 0.1) is 13.8 Å². The molecular formula is C17H20N6O2S. The Kier molecular flexibility index (Phi) is 5.08. The molecule has 0 unspecified atom stereocenters. The van der Waals surface area contributed by atoms with Crippen LogP contribution in [0.2, 0.25) is 0 Å². The van der Waals surface area contributed by atoms with Crippen LogP contribution < -0.4 is 10.9 Å². The number of fused-ring (bicyclic) bond motifs is 1. The Morgan fingerprint density at radius 3 is 2.81 bits per heavy atom. The molecule has 136 valence electrons. The number of hydrogen-bond donors (Lipinski definition) is 2. The summed E-state index contributed by atoms with van der Waals surface area (Å²) >= 11 is 1.38. The molecule has 0 bridgehead atoms. The molecule has 0 saturated carbocycles. The zero-order chi connectivity index (χ0) is 18.8. The fourth-order valence-electron chi connectivity index (χ4n) is 2.81. The molecule has 0 aliphatic carbocycles. The van der Waals surface area contributed by atoms with E-state index in [1.165, 1.54) is 11.8 Å². The first kappa shape index (κ1) is 18.1. The lowest BCUT2D eigenvalue weighted by atomic mass is 10.1. The summed E-state index contributed by atoms with van der Waals surface area (Å²) in [5.74, 6) is -0.180. The largest absolute Gasteiger partial charge is 0.325 e. The van der Waals surface area contributed by atoms with Crippen molar-refractivity contribution < 1.29 is 4.79 Å². The highest BCUT2D eigenvalue weighted by atomic mass is 32.2. The number of aryl methyl sites for hydroxylation is 3. The number of H-pyrrole nitrogens is 1. The van der Waals surface area contributed by atoms with E-state index in [9.17, 15) is 9.59 Å². The third-order valence-corrected chi connectivity index (χ3v) is 4.72. The van der Waals surface area contributed by atoms with Gasteiger partial charge in [-0.15, -0.1) is 0 Å². The molecular weight excluding hydrogens is 352 g/mol. The summed E-state index contributed by atoms with van der Waals surface area (Å²) in [6.07, 6.45) is 3.97. The zero-order valence-electron chi connectivity index (χ0n) is 15.1. The van der Waals surface area contributed by atoms with E-state index in [1.54, 1.807) is 17.8 Å². The predicted octanol–water partition coefficient (Wildman–Crippen LogP) is 1.96. The van der Waals surface area contributed by atoms with Gasteiger partial charge in [0, 0.05) is 30.1 Å². The quantitative estimate of drug-likeness (QED) is 0.524. The number of carbonyl (C=O) groups excluding carboxylic acids is 1. The highest BCUT2D eigenvalue weighted by Crippen LogP contribution is 2.19. The molecule has 0 saturated heterocycles. The number of anilines is 1. The van der Waals surface area contributed by atoms with E-state index in [2.05, 4.69) is 25.4 Å². The van der Waals surface area contributed by atoms with Crippen LogP contribution in [0.1, 0.15) is 23.4 Å². The van der Waals surface area contributed by atoms with Crippen molar-refractivity contribution in [2.45, 2.75) is 31.8 Å². The van der Waals surface area contributed by atoms with Gasteiger partial charge in [0.15, 0.2) is 10.8 Å². The van der Waals surface area contributed by atoms with Gasteiger partial charge in [-0.05, 0) is 32.6 Å². The minimum atomic E-state index is -0.191. The van der Waals surface area contributed by atoms with Crippen LogP contribution in [-0.2, 0) is 18.3 Å². The van der Waals surface area contributed by atoms with Gasteiger partial charge >= 0.3 is 0 Å². The van der Waals surface area contributed by atoms with Gasteiger partial charge in [-0.1, -0.05) is 11.8 Å². The second kappa shape index (κ2) is 7.28. The lowest BCUT2D eigenvalue weighted by Crippen LogP contribution is -2.20. The number of rotatable bonds is 5. The summed E-state index contributed by atoms with van der Waals surface area (Å²) in [5.41, 5.74) is 3.23. The Bertz CT molecular complexity index is 1040. The van der Waals surface area contributed by atoms with Gasteiger partial charge in [-0.25, -0.2) is 9.97 Å². The first-order chi connectivity index (χ1) is 12.4. The first-order valence-corrected chi connectivity index (χ1v) is 9.34. The van der Waals surface area contributed by atoms with Crippen molar-refractivity contribution in [1.82, 2.24) is 24.7 Å². The number of amides is 1. The fourth-order valence-corrected chi connectivity index (χ4v) is 3.24. The van der Waals surface area contributed by atoms with Gasteiger partial charge in [0.2, 0.25) is 5.91 Å². The molecule has 8 nitrogen and oxygen atoms in total. The van der Waals surface area contributed by atoms with Gasteiger partial charge < -0.3 is 10.3 Å². The monoisotopic (exact) mass is 372 g/mol. The van der Waals surface area contributed by atoms with E-state index in [0.717, 1.165) is 16.7 Å². The van der Waals surface area contributed by atoms with E-state index < -0.39 is 0 Å². The molecule has 0 aromatic carbocycles. The number of pyridine rings is 1. The Hall–Kier alpha value is -2.68. The van der Waals surface area contributed by atoms with E-state index in [-0.39, 0.29) is 17.9 Å². The Balaban J connectivity index is 1.70. The summed E-state index contributed by atoms with van der Waals surface area (Å²) in [5, 5.41) is 8.62. The van der Waals surface area contributed by atoms with Gasteiger partial charge in [-0.3, -0.25) is 14.3 Å². The standard InChI is InChI=1S/C17H20N6O2S/c1-9-12(16(25)21-17(19-9)26-4)5-6-14(24)20-11-7-13-10(2)22-23(3)15(13)18-8-11/h7-8H,5-6H2,1-4H3,(H,20,24)(H,19,21,25). The van der Waals surface area contributed by atoms with Crippen molar-refractivity contribution >= 4 is 34.4 Å². The number of carbonyl (C=O) groups is 1. The summed E-state index contributed by atoms with van der Waals surface area (Å²) in [7, 11) is 1.83. The second-order valence-electron chi connectivity index (χ2n) is 5.99. The molecule has 3 heterocycles. The smallest absolute Gasteiger partial charge is 0.254 e. The predicted molar refractivity (Wildman–Crippen MR) is 102 cm³/mol.